The van der Waals surface area contributed by atoms with Gasteiger partial charge < -0.3 is 9.64 Å². The van der Waals surface area contributed by atoms with Crippen molar-refractivity contribution in [2.75, 3.05) is 57.5 Å². The fourth-order valence-corrected chi connectivity index (χ4v) is 3.18. The number of nitrogens with one attached hydrogen (secondary N) is 1. The van der Waals surface area contributed by atoms with Gasteiger partial charge in [-0.15, -0.1) is 0 Å². The Morgan fingerprint density at radius 1 is 1.18 bits per heavy atom. The minimum atomic E-state index is -3.07. The van der Waals surface area contributed by atoms with Crippen molar-refractivity contribution in [2.45, 2.75) is 6.42 Å². The zero-order valence-corrected chi connectivity index (χ0v) is 14.1. The molecule has 1 saturated heterocycles. The van der Waals surface area contributed by atoms with Gasteiger partial charge >= 0.3 is 0 Å². The van der Waals surface area contributed by atoms with E-state index in [-0.39, 0.29) is 0 Å². The summed E-state index contributed by atoms with van der Waals surface area (Å²) in [7, 11) is -1.37. The van der Waals surface area contributed by atoms with Crippen LogP contribution < -0.4 is 14.4 Å². The van der Waals surface area contributed by atoms with Crippen molar-refractivity contribution >= 4 is 15.7 Å². The van der Waals surface area contributed by atoms with Crippen LogP contribution in [0.1, 0.15) is 6.42 Å². The van der Waals surface area contributed by atoms with Crippen LogP contribution in [0.15, 0.2) is 24.3 Å². The predicted molar refractivity (Wildman–Crippen MR) is 89.1 cm³/mol. The highest BCUT2D eigenvalue weighted by atomic mass is 32.2. The van der Waals surface area contributed by atoms with Crippen LogP contribution >= 0.6 is 0 Å². The molecule has 1 aromatic carbocycles. The molecule has 0 amide bonds. The van der Waals surface area contributed by atoms with Crippen LogP contribution in [-0.4, -0.2) is 66.0 Å². The number of methoxy groups -OCH3 is 1. The summed E-state index contributed by atoms with van der Waals surface area (Å²) >= 11 is 0. The molecule has 124 valence electrons. The standard InChI is InChI=1S/C15H25N3O3S/c1-21-15-7-4-3-6-14(15)18-12-10-17(11-13-18)9-5-8-16-22(2,19)20/h3-4,6-7,16H,5,8-13H2,1-2H3. The van der Waals surface area contributed by atoms with E-state index in [0.29, 0.717) is 6.54 Å². The van der Waals surface area contributed by atoms with Crippen LogP contribution in [-0.2, 0) is 10.0 Å². The summed E-state index contributed by atoms with van der Waals surface area (Å²) in [4.78, 5) is 4.71. The van der Waals surface area contributed by atoms with E-state index in [4.69, 9.17) is 4.74 Å². The first-order valence-corrected chi connectivity index (χ1v) is 9.44. The highest BCUT2D eigenvalue weighted by Gasteiger charge is 2.19. The predicted octanol–water partition coefficient (Wildman–Crippen LogP) is 0.757. The third kappa shape index (κ3) is 5.15. The Hall–Kier alpha value is -1.31. The number of anilines is 1. The first kappa shape index (κ1) is 17.1. The molecular weight excluding hydrogens is 302 g/mol. The molecule has 2 rings (SSSR count). The summed E-state index contributed by atoms with van der Waals surface area (Å²) in [5, 5.41) is 0. The molecule has 6 nitrogen and oxygen atoms in total. The van der Waals surface area contributed by atoms with Crippen molar-refractivity contribution in [1.29, 1.82) is 0 Å². The monoisotopic (exact) mass is 327 g/mol. The zero-order chi connectivity index (χ0) is 16.0. The zero-order valence-electron chi connectivity index (χ0n) is 13.3. The second kappa shape index (κ2) is 7.80. The van der Waals surface area contributed by atoms with Crippen molar-refractivity contribution in [3.8, 4) is 5.75 Å². The fourth-order valence-electron chi connectivity index (χ4n) is 2.66. The molecule has 0 unspecified atom stereocenters. The average Bonchev–Trinajstić information content (AvgIpc) is 2.51. The second-order valence-corrected chi connectivity index (χ2v) is 7.35. The molecule has 0 aliphatic carbocycles. The van der Waals surface area contributed by atoms with E-state index in [1.807, 2.05) is 18.2 Å². The smallest absolute Gasteiger partial charge is 0.208 e. The van der Waals surface area contributed by atoms with Crippen LogP contribution in [0.25, 0.3) is 0 Å². The van der Waals surface area contributed by atoms with E-state index >= 15 is 0 Å². The number of para-hydroxylation sites is 2. The molecule has 0 aromatic heterocycles. The van der Waals surface area contributed by atoms with Gasteiger partial charge in [-0.3, -0.25) is 4.90 Å². The maximum atomic E-state index is 11.0. The Balaban J connectivity index is 1.76. The summed E-state index contributed by atoms with van der Waals surface area (Å²) in [5.74, 6) is 0.910. The molecule has 0 atom stereocenters. The second-order valence-electron chi connectivity index (χ2n) is 5.52. The number of hydrogen-bond acceptors (Lipinski definition) is 5. The van der Waals surface area contributed by atoms with E-state index < -0.39 is 10.0 Å². The van der Waals surface area contributed by atoms with Gasteiger partial charge in [0.2, 0.25) is 10.0 Å². The largest absolute Gasteiger partial charge is 0.495 e. The van der Waals surface area contributed by atoms with Crippen LogP contribution in [0.4, 0.5) is 5.69 Å². The average molecular weight is 327 g/mol. The molecule has 0 bridgehead atoms. The number of benzene rings is 1. The topological polar surface area (TPSA) is 61.9 Å². The van der Waals surface area contributed by atoms with Gasteiger partial charge in [-0.05, 0) is 25.1 Å². The first-order chi connectivity index (χ1) is 10.5. The number of nitrogens with zero attached hydrogens (tertiary/aromatic N) is 2. The van der Waals surface area contributed by atoms with Crippen molar-refractivity contribution in [3.63, 3.8) is 0 Å². The van der Waals surface area contributed by atoms with Crippen LogP contribution in [0.3, 0.4) is 0 Å². The van der Waals surface area contributed by atoms with Gasteiger partial charge in [0.1, 0.15) is 5.75 Å². The minimum Gasteiger partial charge on any atom is -0.495 e. The lowest BCUT2D eigenvalue weighted by Crippen LogP contribution is -2.47. The maximum absolute atomic E-state index is 11.0. The van der Waals surface area contributed by atoms with Gasteiger partial charge in [0.15, 0.2) is 0 Å². The Morgan fingerprint density at radius 3 is 2.50 bits per heavy atom. The number of ether oxygens (including phenoxy) is 1. The summed E-state index contributed by atoms with van der Waals surface area (Å²) < 4.78 is 29.9. The lowest BCUT2D eigenvalue weighted by atomic mass is 10.2. The number of piperazine rings is 1. The van der Waals surface area contributed by atoms with Crippen molar-refractivity contribution in [2.24, 2.45) is 0 Å². The molecule has 1 aliphatic heterocycles. The van der Waals surface area contributed by atoms with Crippen molar-refractivity contribution in [1.82, 2.24) is 9.62 Å². The molecule has 1 fully saturated rings. The molecule has 0 saturated carbocycles. The van der Waals surface area contributed by atoms with Crippen LogP contribution in [0, 0.1) is 0 Å². The Morgan fingerprint density at radius 2 is 1.86 bits per heavy atom. The van der Waals surface area contributed by atoms with E-state index in [2.05, 4.69) is 20.6 Å². The Bertz CT molecular complexity index is 569. The summed E-state index contributed by atoms with van der Waals surface area (Å²) in [6.07, 6.45) is 2.03. The van der Waals surface area contributed by atoms with E-state index in [9.17, 15) is 8.42 Å². The molecule has 1 heterocycles. The third-order valence-corrected chi connectivity index (χ3v) is 4.54. The summed E-state index contributed by atoms with van der Waals surface area (Å²) in [6, 6.07) is 8.08. The molecule has 1 aliphatic rings. The quantitative estimate of drug-likeness (QED) is 0.749. The Kier molecular flexibility index (Phi) is 6.05. The van der Waals surface area contributed by atoms with Gasteiger partial charge in [-0.25, -0.2) is 13.1 Å². The minimum absolute atomic E-state index is 0.506. The SMILES string of the molecule is COc1ccccc1N1CCN(CCCNS(C)(=O)=O)CC1. The molecular formula is C15H25N3O3S. The third-order valence-electron chi connectivity index (χ3n) is 3.81. The van der Waals surface area contributed by atoms with Crippen molar-refractivity contribution < 1.29 is 13.2 Å². The summed E-state index contributed by atoms with van der Waals surface area (Å²) in [5.41, 5.74) is 1.14. The summed E-state index contributed by atoms with van der Waals surface area (Å²) in [6.45, 7) is 5.31. The van der Waals surface area contributed by atoms with E-state index in [1.165, 1.54) is 6.26 Å². The molecule has 1 aromatic rings. The Labute approximate surface area is 133 Å². The number of hydrogen-bond donors (Lipinski definition) is 1. The van der Waals surface area contributed by atoms with Gasteiger partial charge in [0, 0.05) is 32.7 Å². The van der Waals surface area contributed by atoms with Gasteiger partial charge in [0.05, 0.1) is 19.1 Å². The lowest BCUT2D eigenvalue weighted by Gasteiger charge is -2.36. The fraction of sp³-hybridized carbons (Fsp3) is 0.600. The molecule has 0 radical (unpaired) electrons. The van der Waals surface area contributed by atoms with Crippen LogP contribution in [0.2, 0.25) is 0 Å². The van der Waals surface area contributed by atoms with Gasteiger partial charge in [0.25, 0.3) is 0 Å². The first-order valence-electron chi connectivity index (χ1n) is 7.54. The van der Waals surface area contributed by atoms with Gasteiger partial charge in [-0.1, -0.05) is 12.1 Å². The molecule has 0 spiro atoms. The van der Waals surface area contributed by atoms with E-state index in [1.54, 1.807) is 7.11 Å². The molecule has 7 heteroatoms. The molecule has 1 N–H and O–H groups in total. The molecule has 22 heavy (non-hydrogen) atoms. The number of rotatable bonds is 7. The van der Waals surface area contributed by atoms with Crippen molar-refractivity contribution in [3.05, 3.63) is 24.3 Å². The van der Waals surface area contributed by atoms with Gasteiger partial charge in [-0.2, -0.15) is 0 Å². The lowest BCUT2D eigenvalue weighted by molar-refractivity contribution is 0.255. The highest BCUT2D eigenvalue weighted by Crippen LogP contribution is 2.28. The van der Waals surface area contributed by atoms with E-state index in [0.717, 1.165) is 50.6 Å². The highest BCUT2D eigenvalue weighted by molar-refractivity contribution is 7.88. The maximum Gasteiger partial charge on any atom is 0.208 e. The van der Waals surface area contributed by atoms with Crippen LogP contribution in [0.5, 0.6) is 5.75 Å². The number of sulfonamides is 1. The normalized spacial score (nSPS) is 16.7.